The summed E-state index contributed by atoms with van der Waals surface area (Å²) in [6.45, 7) is 3.57. The molecule has 4 rings (SSSR count). The number of hydrogen-bond donors (Lipinski definition) is 1. The third-order valence-electron chi connectivity index (χ3n) is 4.93. The lowest BCUT2D eigenvalue weighted by Crippen LogP contribution is -2.14. The molecule has 8 heteroatoms. The van der Waals surface area contributed by atoms with Gasteiger partial charge in [0, 0.05) is 23.1 Å². The second-order valence-electron chi connectivity index (χ2n) is 7.54. The Morgan fingerprint density at radius 1 is 1.00 bits per heavy atom. The van der Waals surface area contributed by atoms with Crippen LogP contribution in [0.4, 0.5) is 18.9 Å². The van der Waals surface area contributed by atoms with Crippen molar-refractivity contribution >= 4 is 11.6 Å². The van der Waals surface area contributed by atoms with E-state index in [0.29, 0.717) is 17.2 Å². The molecule has 33 heavy (non-hydrogen) atoms. The largest absolute Gasteiger partial charge is 0.457 e. The topological polar surface area (TPSA) is 56.2 Å². The van der Waals surface area contributed by atoms with Gasteiger partial charge in [-0.3, -0.25) is 4.79 Å². The first-order valence-corrected chi connectivity index (χ1v) is 10.1. The first-order valence-electron chi connectivity index (χ1n) is 10.1. The number of rotatable bonds is 5. The molecule has 0 unspecified atom stereocenters. The van der Waals surface area contributed by atoms with E-state index >= 15 is 0 Å². The zero-order valence-corrected chi connectivity index (χ0v) is 17.9. The number of benzene rings is 3. The van der Waals surface area contributed by atoms with Crippen LogP contribution in [0.3, 0.4) is 0 Å². The second kappa shape index (κ2) is 8.82. The van der Waals surface area contributed by atoms with E-state index in [1.165, 1.54) is 17.0 Å². The Hall–Kier alpha value is -4.07. The summed E-state index contributed by atoms with van der Waals surface area (Å²) in [5, 5.41) is 2.57. The Labute approximate surface area is 188 Å². The van der Waals surface area contributed by atoms with Gasteiger partial charge in [0.25, 0.3) is 5.91 Å². The SMILES string of the molecule is Cc1cn(-c2cc(NC(=O)c3ccc(C)c(Oc4ccccc4)c3)cc(C(F)(F)F)c2)cn1. The minimum atomic E-state index is -4.58. The van der Waals surface area contributed by atoms with Crippen molar-refractivity contribution in [2.75, 3.05) is 5.32 Å². The Morgan fingerprint density at radius 2 is 1.76 bits per heavy atom. The Kier molecular flexibility index (Phi) is 5.91. The summed E-state index contributed by atoms with van der Waals surface area (Å²) < 4.78 is 47.8. The number of alkyl halides is 3. The highest BCUT2D eigenvalue weighted by Crippen LogP contribution is 2.33. The van der Waals surface area contributed by atoms with Crippen LogP contribution >= 0.6 is 0 Å². The van der Waals surface area contributed by atoms with Crippen LogP contribution in [0.1, 0.15) is 27.2 Å². The van der Waals surface area contributed by atoms with E-state index in [1.54, 1.807) is 43.5 Å². The molecule has 1 aromatic heterocycles. The molecular weight excluding hydrogens is 431 g/mol. The van der Waals surface area contributed by atoms with Crippen molar-refractivity contribution in [3.05, 3.63) is 102 Å². The molecule has 5 nitrogen and oxygen atoms in total. The number of imidazole rings is 1. The molecule has 0 atom stereocenters. The Bertz CT molecular complexity index is 1300. The van der Waals surface area contributed by atoms with Crippen molar-refractivity contribution < 1.29 is 22.7 Å². The quantitative estimate of drug-likeness (QED) is 0.374. The standard InChI is InChI=1S/C25H20F3N3O2/c1-16-8-9-18(10-23(16)33-22-6-4-3-5-7-22)24(32)30-20-11-19(25(26,27)28)12-21(13-20)31-14-17(2)29-15-31/h3-15H,1-2H3,(H,30,32). The zero-order chi connectivity index (χ0) is 23.6. The third kappa shape index (κ3) is 5.23. The lowest BCUT2D eigenvalue weighted by Gasteiger charge is -2.14. The van der Waals surface area contributed by atoms with E-state index in [0.717, 1.165) is 17.7 Å². The van der Waals surface area contributed by atoms with Crippen molar-refractivity contribution in [2.45, 2.75) is 20.0 Å². The predicted octanol–water partition coefficient (Wildman–Crippen LogP) is 6.55. The second-order valence-corrected chi connectivity index (χ2v) is 7.54. The molecule has 0 spiro atoms. The molecular formula is C25H20F3N3O2. The summed E-state index contributed by atoms with van der Waals surface area (Å²) >= 11 is 0. The monoisotopic (exact) mass is 451 g/mol. The van der Waals surface area contributed by atoms with E-state index in [-0.39, 0.29) is 16.9 Å². The molecule has 1 amide bonds. The number of carbonyl (C=O) groups is 1. The fraction of sp³-hybridized carbons (Fsp3) is 0.120. The molecule has 0 saturated carbocycles. The van der Waals surface area contributed by atoms with Crippen LogP contribution in [0.2, 0.25) is 0 Å². The maximum atomic E-state index is 13.5. The number of halogens is 3. The molecule has 0 radical (unpaired) electrons. The normalized spacial score (nSPS) is 11.3. The van der Waals surface area contributed by atoms with E-state index in [2.05, 4.69) is 10.3 Å². The van der Waals surface area contributed by atoms with Crippen molar-refractivity contribution in [3.63, 3.8) is 0 Å². The lowest BCUT2D eigenvalue weighted by atomic mass is 10.1. The summed E-state index contributed by atoms with van der Waals surface area (Å²) in [4.78, 5) is 16.9. The molecule has 0 saturated heterocycles. The number of nitrogens with one attached hydrogen (secondary N) is 1. The van der Waals surface area contributed by atoms with E-state index in [4.69, 9.17) is 4.74 Å². The van der Waals surface area contributed by atoms with Crippen LogP contribution in [0.15, 0.2) is 79.3 Å². The van der Waals surface area contributed by atoms with E-state index in [1.807, 2.05) is 25.1 Å². The molecule has 0 aliphatic heterocycles. The highest BCUT2D eigenvalue weighted by Gasteiger charge is 2.31. The molecule has 0 aliphatic carbocycles. The fourth-order valence-corrected chi connectivity index (χ4v) is 3.23. The smallest absolute Gasteiger partial charge is 0.416 e. The van der Waals surface area contributed by atoms with Crippen LogP contribution in [-0.4, -0.2) is 15.5 Å². The molecule has 4 aromatic rings. The van der Waals surface area contributed by atoms with Gasteiger partial charge in [0.15, 0.2) is 0 Å². The molecule has 0 fully saturated rings. The van der Waals surface area contributed by atoms with Gasteiger partial charge in [0.1, 0.15) is 11.5 Å². The van der Waals surface area contributed by atoms with Crippen molar-refractivity contribution in [3.8, 4) is 17.2 Å². The maximum Gasteiger partial charge on any atom is 0.416 e. The summed E-state index contributed by atoms with van der Waals surface area (Å²) in [6, 6.07) is 17.3. The number of aromatic nitrogens is 2. The van der Waals surface area contributed by atoms with E-state index < -0.39 is 17.6 Å². The minimum Gasteiger partial charge on any atom is -0.457 e. The van der Waals surface area contributed by atoms with Crippen LogP contribution in [0.5, 0.6) is 11.5 Å². The molecule has 0 aliphatic rings. The first-order chi connectivity index (χ1) is 15.7. The Balaban J connectivity index is 1.63. The van der Waals surface area contributed by atoms with Gasteiger partial charge in [0.2, 0.25) is 0 Å². The minimum absolute atomic E-state index is 0.0160. The molecule has 168 valence electrons. The van der Waals surface area contributed by atoms with Crippen LogP contribution < -0.4 is 10.1 Å². The number of anilines is 1. The van der Waals surface area contributed by atoms with Gasteiger partial charge in [-0.2, -0.15) is 13.2 Å². The third-order valence-corrected chi connectivity index (χ3v) is 4.93. The predicted molar refractivity (Wildman–Crippen MR) is 119 cm³/mol. The Morgan fingerprint density at radius 3 is 2.42 bits per heavy atom. The number of nitrogens with zero attached hydrogens (tertiary/aromatic N) is 2. The van der Waals surface area contributed by atoms with Crippen LogP contribution in [0.25, 0.3) is 5.69 Å². The number of hydrogen-bond acceptors (Lipinski definition) is 3. The van der Waals surface area contributed by atoms with Gasteiger partial charge >= 0.3 is 6.18 Å². The van der Waals surface area contributed by atoms with Crippen LogP contribution in [-0.2, 0) is 6.18 Å². The molecule has 0 bridgehead atoms. The lowest BCUT2D eigenvalue weighted by molar-refractivity contribution is -0.137. The molecule has 1 N–H and O–H groups in total. The number of para-hydroxylation sites is 1. The molecule has 1 heterocycles. The first kappa shape index (κ1) is 22.1. The average molecular weight is 451 g/mol. The van der Waals surface area contributed by atoms with Gasteiger partial charge in [-0.1, -0.05) is 24.3 Å². The van der Waals surface area contributed by atoms with Gasteiger partial charge in [-0.25, -0.2) is 4.98 Å². The summed E-state index contributed by atoms with van der Waals surface area (Å²) in [7, 11) is 0. The number of carbonyl (C=O) groups excluding carboxylic acids is 1. The highest BCUT2D eigenvalue weighted by molar-refractivity contribution is 6.04. The van der Waals surface area contributed by atoms with Gasteiger partial charge in [-0.05, 0) is 61.9 Å². The van der Waals surface area contributed by atoms with E-state index in [9.17, 15) is 18.0 Å². The number of aryl methyl sites for hydroxylation is 2. The summed E-state index contributed by atoms with van der Waals surface area (Å²) in [5.74, 6) is 0.531. The number of ether oxygens (including phenoxy) is 1. The van der Waals surface area contributed by atoms with Crippen LogP contribution in [0, 0.1) is 13.8 Å². The van der Waals surface area contributed by atoms with Gasteiger partial charge in [-0.15, -0.1) is 0 Å². The zero-order valence-electron chi connectivity index (χ0n) is 17.9. The van der Waals surface area contributed by atoms with Gasteiger partial charge < -0.3 is 14.6 Å². The number of amides is 1. The van der Waals surface area contributed by atoms with Crippen molar-refractivity contribution in [1.29, 1.82) is 0 Å². The summed E-state index contributed by atoms with van der Waals surface area (Å²) in [5.41, 5.74) is 1.10. The summed E-state index contributed by atoms with van der Waals surface area (Å²) in [6.07, 6.45) is -1.55. The average Bonchev–Trinajstić information content (AvgIpc) is 3.21. The highest BCUT2D eigenvalue weighted by atomic mass is 19.4. The maximum absolute atomic E-state index is 13.5. The van der Waals surface area contributed by atoms with Crippen molar-refractivity contribution in [2.24, 2.45) is 0 Å². The van der Waals surface area contributed by atoms with Gasteiger partial charge in [0.05, 0.1) is 17.6 Å². The fourth-order valence-electron chi connectivity index (χ4n) is 3.23. The van der Waals surface area contributed by atoms with Crippen molar-refractivity contribution in [1.82, 2.24) is 9.55 Å². The molecule has 3 aromatic carbocycles.